The van der Waals surface area contributed by atoms with Crippen LogP contribution in [-0.4, -0.2) is 37.0 Å². The van der Waals surface area contributed by atoms with Gasteiger partial charge in [-0.05, 0) is 41.7 Å². The highest BCUT2D eigenvalue weighted by molar-refractivity contribution is 8.02. The predicted octanol–water partition coefficient (Wildman–Crippen LogP) is 8.77. The minimum atomic E-state index is -0.208. The van der Waals surface area contributed by atoms with Crippen LogP contribution in [0.5, 0.6) is 17.2 Å². The number of hydrogen-bond donors (Lipinski definition) is 1. The molecule has 3 rings (SSSR count). The van der Waals surface area contributed by atoms with Crippen molar-refractivity contribution in [3.63, 3.8) is 0 Å². The molecule has 0 unspecified atom stereocenters. The van der Waals surface area contributed by atoms with Crippen LogP contribution in [-0.2, 0) is 11.3 Å². The quantitative estimate of drug-likeness (QED) is 0.152. The average Bonchev–Trinajstić information content (AvgIpc) is 3.48. The molecule has 0 fully saturated rings. The van der Waals surface area contributed by atoms with Crippen LogP contribution in [0.25, 0.3) is 0 Å². The lowest BCUT2D eigenvalue weighted by Crippen LogP contribution is -2.20. The van der Waals surface area contributed by atoms with E-state index in [4.69, 9.17) is 14.2 Å². The van der Waals surface area contributed by atoms with Gasteiger partial charge >= 0.3 is 0 Å². The SMILES string of the molecule is CCCCCCCCCCCCCCOc1ccc(OCC(=O)Nc2cccc(CN3C=CSC3)c2)cc1OC. The molecule has 0 aromatic heterocycles. The molecule has 1 heterocycles. The third-order valence-corrected chi connectivity index (χ3v) is 7.76. The number of ether oxygens (including phenoxy) is 3. The molecule has 7 heteroatoms. The van der Waals surface area contributed by atoms with Crippen LogP contribution in [0.3, 0.4) is 0 Å². The molecule has 2 aromatic rings. The maximum absolute atomic E-state index is 12.5. The Morgan fingerprint density at radius 2 is 1.60 bits per heavy atom. The van der Waals surface area contributed by atoms with E-state index in [-0.39, 0.29) is 12.5 Å². The Balaban J connectivity index is 1.29. The Bertz CT molecular complexity index is 1030. The second kappa shape index (κ2) is 19.3. The summed E-state index contributed by atoms with van der Waals surface area (Å²) in [7, 11) is 1.62. The van der Waals surface area contributed by atoms with Crippen LogP contribution in [0.1, 0.15) is 89.5 Å². The van der Waals surface area contributed by atoms with Crippen LogP contribution in [0.15, 0.2) is 54.1 Å². The molecule has 0 bridgehead atoms. The van der Waals surface area contributed by atoms with Crippen molar-refractivity contribution in [3.05, 3.63) is 59.6 Å². The Hall–Kier alpha value is -2.80. The summed E-state index contributed by atoms with van der Waals surface area (Å²) in [5, 5.41) is 5.02. The zero-order valence-electron chi connectivity index (χ0n) is 24.5. The van der Waals surface area contributed by atoms with Crippen molar-refractivity contribution in [2.24, 2.45) is 0 Å². The first-order valence-electron chi connectivity index (χ1n) is 15.0. The van der Waals surface area contributed by atoms with Crippen LogP contribution >= 0.6 is 11.8 Å². The fourth-order valence-corrected chi connectivity index (χ4v) is 5.43. The summed E-state index contributed by atoms with van der Waals surface area (Å²) in [6.45, 7) is 3.67. The highest BCUT2D eigenvalue weighted by atomic mass is 32.2. The van der Waals surface area contributed by atoms with E-state index < -0.39 is 0 Å². The number of unbranched alkanes of at least 4 members (excludes halogenated alkanes) is 11. The normalized spacial score (nSPS) is 12.5. The number of hydrogen-bond acceptors (Lipinski definition) is 6. The van der Waals surface area contributed by atoms with Gasteiger partial charge in [-0.3, -0.25) is 4.79 Å². The number of carbonyl (C=O) groups is 1. The lowest BCUT2D eigenvalue weighted by molar-refractivity contribution is -0.118. The zero-order chi connectivity index (χ0) is 28.3. The number of amides is 1. The first kappa shape index (κ1) is 31.7. The van der Waals surface area contributed by atoms with E-state index in [0.29, 0.717) is 23.9 Å². The molecule has 2 aromatic carbocycles. The van der Waals surface area contributed by atoms with E-state index in [1.54, 1.807) is 24.9 Å². The number of methoxy groups -OCH3 is 1. The third kappa shape index (κ3) is 12.6. The largest absolute Gasteiger partial charge is 0.493 e. The molecule has 220 valence electrons. The van der Waals surface area contributed by atoms with Gasteiger partial charge in [0.2, 0.25) is 0 Å². The smallest absolute Gasteiger partial charge is 0.262 e. The van der Waals surface area contributed by atoms with Crippen molar-refractivity contribution < 1.29 is 19.0 Å². The maximum atomic E-state index is 12.5. The summed E-state index contributed by atoms with van der Waals surface area (Å²) in [5.74, 6) is 2.62. The van der Waals surface area contributed by atoms with E-state index in [9.17, 15) is 4.79 Å². The number of benzene rings is 2. The highest BCUT2D eigenvalue weighted by Gasteiger charge is 2.10. The summed E-state index contributed by atoms with van der Waals surface area (Å²) in [5.41, 5.74) is 1.91. The molecular weight excluding hydrogens is 520 g/mol. The number of thioether (sulfide) groups is 1. The molecule has 40 heavy (non-hydrogen) atoms. The molecule has 1 amide bonds. The molecule has 6 nitrogen and oxygen atoms in total. The fourth-order valence-electron chi connectivity index (χ4n) is 4.72. The van der Waals surface area contributed by atoms with Crippen molar-refractivity contribution in [3.8, 4) is 17.2 Å². The second-order valence-electron chi connectivity index (χ2n) is 10.4. The molecule has 0 radical (unpaired) electrons. The van der Waals surface area contributed by atoms with E-state index in [0.717, 1.165) is 30.1 Å². The van der Waals surface area contributed by atoms with Gasteiger partial charge in [0.05, 0.1) is 19.6 Å². The molecule has 0 saturated heterocycles. The van der Waals surface area contributed by atoms with E-state index in [1.165, 1.54) is 70.6 Å². The monoisotopic (exact) mass is 568 g/mol. The Morgan fingerprint density at radius 1 is 0.875 bits per heavy atom. The second-order valence-corrected chi connectivity index (χ2v) is 11.3. The Morgan fingerprint density at radius 3 is 2.27 bits per heavy atom. The molecular formula is C33H48N2O4S. The summed E-state index contributed by atoms with van der Waals surface area (Å²) >= 11 is 1.78. The van der Waals surface area contributed by atoms with Gasteiger partial charge in [0, 0.05) is 24.5 Å². The molecule has 1 aliphatic heterocycles. The van der Waals surface area contributed by atoms with Crippen molar-refractivity contribution in [2.45, 2.75) is 90.5 Å². The van der Waals surface area contributed by atoms with Gasteiger partial charge < -0.3 is 24.4 Å². The van der Waals surface area contributed by atoms with Crippen LogP contribution in [0.4, 0.5) is 5.69 Å². The minimum Gasteiger partial charge on any atom is -0.493 e. The molecule has 0 aliphatic carbocycles. The standard InChI is InChI=1S/C33H48N2O4S/c1-3-4-5-6-7-8-9-10-11-12-13-14-21-38-31-19-18-30(24-32(31)37-2)39-26-33(36)34-29-17-15-16-28(23-29)25-35-20-22-40-27-35/h15-20,22-24H,3-14,21,25-27H2,1-2H3,(H,34,36). The van der Waals surface area contributed by atoms with Crippen molar-refractivity contribution in [1.82, 2.24) is 4.90 Å². The van der Waals surface area contributed by atoms with E-state index in [1.807, 2.05) is 30.3 Å². The van der Waals surface area contributed by atoms with Crippen LogP contribution in [0.2, 0.25) is 0 Å². The lowest BCUT2D eigenvalue weighted by atomic mass is 10.1. The lowest BCUT2D eigenvalue weighted by Gasteiger charge is -2.15. The molecule has 0 spiro atoms. The number of carbonyl (C=O) groups excluding carboxylic acids is 1. The third-order valence-electron chi connectivity index (χ3n) is 6.97. The number of rotatable bonds is 21. The zero-order valence-corrected chi connectivity index (χ0v) is 25.3. The van der Waals surface area contributed by atoms with Gasteiger partial charge in [0.25, 0.3) is 5.91 Å². The average molecular weight is 569 g/mol. The van der Waals surface area contributed by atoms with Gasteiger partial charge in [-0.15, -0.1) is 11.8 Å². The fraction of sp³-hybridized carbons (Fsp3) is 0.545. The summed E-state index contributed by atoms with van der Waals surface area (Å²) in [4.78, 5) is 14.7. The van der Waals surface area contributed by atoms with Gasteiger partial charge in [-0.2, -0.15) is 0 Å². The van der Waals surface area contributed by atoms with Gasteiger partial charge in [0.1, 0.15) is 5.75 Å². The highest BCUT2D eigenvalue weighted by Crippen LogP contribution is 2.31. The van der Waals surface area contributed by atoms with Gasteiger partial charge in [0.15, 0.2) is 18.1 Å². The van der Waals surface area contributed by atoms with Gasteiger partial charge in [-0.25, -0.2) is 0 Å². The summed E-state index contributed by atoms with van der Waals surface area (Å²) < 4.78 is 17.2. The Kier molecular flexibility index (Phi) is 15.3. The summed E-state index contributed by atoms with van der Waals surface area (Å²) in [6, 6.07) is 13.3. The predicted molar refractivity (Wildman–Crippen MR) is 167 cm³/mol. The van der Waals surface area contributed by atoms with Gasteiger partial charge in [-0.1, -0.05) is 89.7 Å². The Labute approximate surface area is 245 Å². The number of nitrogens with zero attached hydrogens (tertiary/aromatic N) is 1. The molecule has 0 saturated carbocycles. The van der Waals surface area contributed by atoms with Crippen LogP contribution < -0.4 is 19.5 Å². The van der Waals surface area contributed by atoms with Crippen LogP contribution in [0, 0.1) is 0 Å². The number of nitrogens with one attached hydrogen (secondary N) is 1. The van der Waals surface area contributed by atoms with Crippen molar-refractivity contribution in [1.29, 1.82) is 0 Å². The maximum Gasteiger partial charge on any atom is 0.262 e. The molecule has 1 aliphatic rings. The first-order chi connectivity index (χ1) is 19.7. The first-order valence-corrected chi connectivity index (χ1v) is 16.1. The number of anilines is 1. The topological polar surface area (TPSA) is 60.0 Å². The van der Waals surface area contributed by atoms with Crippen molar-refractivity contribution in [2.75, 3.05) is 31.5 Å². The minimum absolute atomic E-state index is 0.0854. The van der Waals surface area contributed by atoms with E-state index in [2.05, 4.69) is 34.8 Å². The molecule has 1 N–H and O–H groups in total. The van der Waals surface area contributed by atoms with E-state index >= 15 is 0 Å². The molecule has 0 atom stereocenters. The van der Waals surface area contributed by atoms with Crippen molar-refractivity contribution >= 4 is 23.4 Å². The summed E-state index contributed by atoms with van der Waals surface area (Å²) in [6.07, 6.45) is 17.9.